The molecule has 2 atom stereocenters. The van der Waals surface area contributed by atoms with E-state index in [2.05, 4.69) is 25.3 Å². The van der Waals surface area contributed by atoms with Crippen molar-refractivity contribution >= 4 is 39.9 Å². The SMILES string of the molecule is C[C@@H](Oc1ccc2[nH]nc(-c3cnc(N4CC[C@@](N)(Cc5ccn(C)n5)C4)c(F)c3)c2c1)c1c(Cl)cncc1Cl. The minimum absolute atomic E-state index is 0.279. The van der Waals surface area contributed by atoms with Gasteiger partial charge >= 0.3 is 0 Å². The molecule has 0 radical (unpaired) electrons. The summed E-state index contributed by atoms with van der Waals surface area (Å²) in [5.41, 5.74) is 9.62. The van der Waals surface area contributed by atoms with Gasteiger partial charge in [0.2, 0.25) is 0 Å². The molecule has 0 bridgehead atoms. The minimum atomic E-state index is -0.502. The van der Waals surface area contributed by atoms with Gasteiger partial charge in [-0.05, 0) is 43.7 Å². The van der Waals surface area contributed by atoms with Crippen LogP contribution in [0.1, 0.15) is 30.7 Å². The topological polar surface area (TPSA) is 111 Å². The summed E-state index contributed by atoms with van der Waals surface area (Å²) >= 11 is 12.6. The minimum Gasteiger partial charge on any atom is -0.486 e. The highest BCUT2D eigenvalue weighted by molar-refractivity contribution is 6.35. The number of rotatable bonds is 7. The van der Waals surface area contributed by atoms with Crippen LogP contribution in [0.5, 0.6) is 5.75 Å². The summed E-state index contributed by atoms with van der Waals surface area (Å²) < 4.78 is 23.3. The van der Waals surface area contributed by atoms with Crippen molar-refractivity contribution in [2.24, 2.45) is 12.8 Å². The van der Waals surface area contributed by atoms with Gasteiger partial charge in [-0.1, -0.05) is 23.2 Å². The first-order valence-corrected chi connectivity index (χ1v) is 13.6. The van der Waals surface area contributed by atoms with Gasteiger partial charge in [-0.15, -0.1) is 0 Å². The number of aromatic amines is 1. The molecule has 3 N–H and O–H groups in total. The van der Waals surface area contributed by atoms with Crippen LogP contribution in [0.3, 0.4) is 0 Å². The molecule has 1 fully saturated rings. The molecule has 0 spiro atoms. The number of pyridine rings is 2. The molecule has 40 heavy (non-hydrogen) atoms. The Labute approximate surface area is 240 Å². The lowest BCUT2D eigenvalue weighted by Gasteiger charge is -2.24. The number of aromatic nitrogens is 6. The van der Waals surface area contributed by atoms with E-state index in [1.807, 2.05) is 49.3 Å². The molecule has 0 saturated carbocycles. The number of benzene rings is 1. The van der Waals surface area contributed by atoms with Crippen molar-refractivity contribution in [3.8, 4) is 17.0 Å². The summed E-state index contributed by atoms with van der Waals surface area (Å²) in [4.78, 5) is 10.4. The van der Waals surface area contributed by atoms with Crippen molar-refractivity contribution < 1.29 is 9.13 Å². The number of nitrogens with one attached hydrogen (secondary N) is 1. The number of fused-ring (bicyclic) bond motifs is 1. The number of hydrogen-bond donors (Lipinski definition) is 2. The Balaban J connectivity index is 1.22. The monoisotopic (exact) mass is 580 g/mol. The summed E-state index contributed by atoms with van der Waals surface area (Å²) in [5.74, 6) is 0.431. The van der Waals surface area contributed by atoms with Crippen LogP contribution in [0.2, 0.25) is 10.0 Å². The van der Waals surface area contributed by atoms with E-state index < -0.39 is 17.5 Å². The van der Waals surface area contributed by atoms with E-state index >= 15 is 4.39 Å². The predicted molar refractivity (Wildman–Crippen MR) is 153 cm³/mol. The third-order valence-corrected chi connectivity index (χ3v) is 7.83. The van der Waals surface area contributed by atoms with Gasteiger partial charge in [-0.3, -0.25) is 14.8 Å². The largest absolute Gasteiger partial charge is 0.486 e. The second-order valence-electron chi connectivity index (χ2n) is 10.3. The number of nitrogens with two attached hydrogens (primary N) is 1. The highest BCUT2D eigenvalue weighted by Gasteiger charge is 2.36. The third-order valence-electron chi connectivity index (χ3n) is 7.23. The Morgan fingerprint density at radius 1 is 1.18 bits per heavy atom. The number of halogens is 3. The maximum absolute atomic E-state index is 15.4. The molecule has 5 aromatic rings. The van der Waals surface area contributed by atoms with Crippen LogP contribution in [0.15, 0.2) is 55.1 Å². The lowest BCUT2D eigenvalue weighted by atomic mass is 9.94. The standard InChI is InChI=1S/C28H27Cl2FN8O/c1-16(25-21(29)13-33-14-22(25)30)40-19-3-4-24-20(10-19)26(36-35-24)17-9-23(31)27(34-12-17)39-8-6-28(32,15-39)11-18-5-7-38(2)37-18/h3-5,7,9-10,12-14,16H,6,8,11,15,32H2,1-2H3,(H,35,36)/t16-,28-/m1/s1. The first-order valence-electron chi connectivity index (χ1n) is 12.8. The van der Waals surface area contributed by atoms with E-state index in [4.69, 9.17) is 33.7 Å². The predicted octanol–water partition coefficient (Wildman–Crippen LogP) is 5.49. The van der Waals surface area contributed by atoms with E-state index in [0.29, 0.717) is 58.5 Å². The summed E-state index contributed by atoms with van der Waals surface area (Å²) in [6.45, 7) is 2.96. The number of H-pyrrole nitrogens is 1. The Morgan fingerprint density at radius 3 is 2.70 bits per heavy atom. The zero-order valence-corrected chi connectivity index (χ0v) is 23.4. The lowest BCUT2D eigenvalue weighted by molar-refractivity contribution is 0.227. The summed E-state index contributed by atoms with van der Waals surface area (Å²) in [5, 5.41) is 13.5. The van der Waals surface area contributed by atoms with Crippen molar-refractivity contribution in [2.75, 3.05) is 18.0 Å². The van der Waals surface area contributed by atoms with E-state index in [-0.39, 0.29) is 5.82 Å². The zero-order valence-electron chi connectivity index (χ0n) is 21.9. The number of aryl methyl sites for hydroxylation is 1. The Hall–Kier alpha value is -3.73. The van der Waals surface area contributed by atoms with Gasteiger partial charge in [0.1, 0.15) is 17.5 Å². The molecule has 12 heteroatoms. The molecule has 0 amide bonds. The molecule has 1 aliphatic heterocycles. The fraction of sp³-hybridized carbons (Fsp3) is 0.286. The summed E-state index contributed by atoms with van der Waals surface area (Å²) in [6.07, 6.45) is 7.49. The molecule has 6 rings (SSSR count). The zero-order chi connectivity index (χ0) is 28.0. The van der Waals surface area contributed by atoms with E-state index in [1.54, 1.807) is 10.9 Å². The van der Waals surface area contributed by atoms with Crippen molar-refractivity contribution in [1.29, 1.82) is 0 Å². The third kappa shape index (κ3) is 5.10. The first kappa shape index (κ1) is 26.5. The van der Waals surface area contributed by atoms with Gasteiger partial charge in [-0.2, -0.15) is 10.2 Å². The average molecular weight is 581 g/mol. The molecule has 4 aromatic heterocycles. The maximum atomic E-state index is 15.4. The van der Waals surface area contributed by atoms with Crippen LogP contribution in [-0.2, 0) is 13.5 Å². The first-order chi connectivity index (χ1) is 19.2. The second kappa shape index (κ2) is 10.3. The van der Waals surface area contributed by atoms with Gasteiger partial charge in [0.05, 0.1) is 21.3 Å². The van der Waals surface area contributed by atoms with Crippen LogP contribution in [0.4, 0.5) is 10.2 Å². The Bertz CT molecular complexity index is 1680. The number of ether oxygens (including phenoxy) is 1. The quantitative estimate of drug-likeness (QED) is 0.262. The highest BCUT2D eigenvalue weighted by atomic mass is 35.5. The van der Waals surface area contributed by atoms with Crippen molar-refractivity contribution in [3.05, 3.63) is 82.2 Å². The van der Waals surface area contributed by atoms with E-state index in [1.165, 1.54) is 18.5 Å². The Morgan fingerprint density at radius 2 is 1.98 bits per heavy atom. The van der Waals surface area contributed by atoms with Gasteiger partial charge in [0.25, 0.3) is 0 Å². The molecule has 1 aliphatic rings. The van der Waals surface area contributed by atoms with Gasteiger partial charge in [0, 0.05) is 73.4 Å². The number of anilines is 1. The smallest absolute Gasteiger partial charge is 0.166 e. The average Bonchev–Trinajstić information content (AvgIpc) is 3.62. The summed E-state index contributed by atoms with van der Waals surface area (Å²) in [6, 6.07) is 8.94. The number of hydrogen-bond acceptors (Lipinski definition) is 7. The lowest BCUT2D eigenvalue weighted by Crippen LogP contribution is -2.45. The maximum Gasteiger partial charge on any atom is 0.166 e. The molecular weight excluding hydrogens is 554 g/mol. The molecule has 1 aromatic carbocycles. The molecule has 5 heterocycles. The summed E-state index contributed by atoms with van der Waals surface area (Å²) in [7, 11) is 1.88. The second-order valence-corrected chi connectivity index (χ2v) is 11.1. The van der Waals surface area contributed by atoms with Gasteiger partial charge in [0.15, 0.2) is 11.6 Å². The molecule has 9 nitrogen and oxygen atoms in total. The fourth-order valence-electron chi connectivity index (χ4n) is 5.29. The van der Waals surface area contributed by atoms with Crippen LogP contribution in [0.25, 0.3) is 22.2 Å². The fourth-order valence-corrected chi connectivity index (χ4v) is 5.96. The molecule has 1 saturated heterocycles. The molecule has 0 aliphatic carbocycles. The van der Waals surface area contributed by atoms with Crippen molar-refractivity contribution in [2.45, 2.75) is 31.4 Å². The number of nitrogens with zero attached hydrogens (tertiary/aromatic N) is 6. The van der Waals surface area contributed by atoms with E-state index in [0.717, 1.165) is 16.6 Å². The van der Waals surface area contributed by atoms with Crippen molar-refractivity contribution in [1.82, 2.24) is 29.9 Å². The molecule has 0 unspecified atom stereocenters. The molecular formula is C28H27Cl2FN8O. The van der Waals surface area contributed by atoms with Crippen LogP contribution < -0.4 is 15.4 Å². The van der Waals surface area contributed by atoms with Gasteiger partial charge in [-0.25, -0.2) is 9.37 Å². The van der Waals surface area contributed by atoms with E-state index in [9.17, 15) is 0 Å². The van der Waals surface area contributed by atoms with Crippen LogP contribution >= 0.6 is 23.2 Å². The van der Waals surface area contributed by atoms with Crippen molar-refractivity contribution in [3.63, 3.8) is 0 Å². The highest BCUT2D eigenvalue weighted by Crippen LogP contribution is 2.36. The molecule has 206 valence electrons. The normalized spacial score (nSPS) is 18.0. The Kier molecular flexibility index (Phi) is 6.85. The van der Waals surface area contributed by atoms with Crippen LogP contribution in [-0.4, -0.2) is 48.6 Å². The van der Waals surface area contributed by atoms with Gasteiger partial charge < -0.3 is 15.4 Å². The van der Waals surface area contributed by atoms with Crippen LogP contribution in [0, 0.1) is 5.82 Å².